The largest absolute Gasteiger partial charge is 0.495 e. The maximum atomic E-state index is 12.6. The van der Waals surface area contributed by atoms with E-state index in [9.17, 15) is 9.59 Å². The summed E-state index contributed by atoms with van der Waals surface area (Å²) in [6.45, 7) is 3.28. The second-order valence-corrected chi connectivity index (χ2v) is 7.50. The molecule has 0 atom stereocenters. The van der Waals surface area contributed by atoms with Gasteiger partial charge >= 0.3 is 0 Å². The number of methoxy groups -OCH3 is 1. The number of carbonyl (C=O) groups is 2. The zero-order chi connectivity index (χ0) is 18.4. The first kappa shape index (κ1) is 19.6. The average Bonchev–Trinajstić information content (AvgIpc) is 2.83. The Kier molecular flexibility index (Phi) is 6.71. The van der Waals surface area contributed by atoms with Gasteiger partial charge in [-0.25, -0.2) is 0 Å². The molecule has 0 spiro atoms. The first-order chi connectivity index (χ1) is 11.8. The molecular weight excluding hydrogens is 340 g/mol. The van der Waals surface area contributed by atoms with Gasteiger partial charge in [0.25, 0.3) is 0 Å². The Morgan fingerprint density at radius 2 is 1.76 bits per heavy atom. The summed E-state index contributed by atoms with van der Waals surface area (Å²) in [5.74, 6) is -0.0682. The smallest absolute Gasteiger partial charge is 0.239 e. The molecule has 0 unspecified atom stereocenters. The Hall–Kier alpha value is -1.75. The van der Waals surface area contributed by atoms with Crippen molar-refractivity contribution < 1.29 is 14.3 Å². The van der Waals surface area contributed by atoms with Crippen LogP contribution in [0.2, 0.25) is 5.02 Å². The van der Waals surface area contributed by atoms with Gasteiger partial charge in [0, 0.05) is 11.7 Å². The van der Waals surface area contributed by atoms with E-state index in [1.807, 2.05) is 0 Å². The van der Waals surface area contributed by atoms with Crippen LogP contribution in [0.25, 0.3) is 0 Å². The van der Waals surface area contributed by atoms with Gasteiger partial charge in [0.05, 0.1) is 12.1 Å². The van der Waals surface area contributed by atoms with Crippen molar-refractivity contribution in [3.05, 3.63) is 23.2 Å². The lowest BCUT2D eigenvalue weighted by Gasteiger charge is -2.26. The number of halogens is 1. The summed E-state index contributed by atoms with van der Waals surface area (Å²) in [6.07, 6.45) is 6.65. The molecule has 25 heavy (non-hydrogen) atoms. The summed E-state index contributed by atoms with van der Waals surface area (Å²) >= 11 is 6.08. The quantitative estimate of drug-likeness (QED) is 0.607. The van der Waals surface area contributed by atoms with Crippen molar-refractivity contribution in [2.24, 2.45) is 5.41 Å². The number of rotatable bonds is 5. The molecule has 2 amide bonds. The fraction of sp³-hybridized carbons (Fsp3) is 0.579. The molecule has 0 saturated heterocycles. The van der Waals surface area contributed by atoms with Crippen LogP contribution in [-0.2, 0) is 9.59 Å². The topological polar surface area (TPSA) is 67.4 Å². The van der Waals surface area contributed by atoms with Gasteiger partial charge in [0.1, 0.15) is 11.2 Å². The van der Waals surface area contributed by atoms with E-state index in [1.54, 1.807) is 32.0 Å². The number of ether oxygens (including phenoxy) is 1. The van der Waals surface area contributed by atoms with Crippen LogP contribution in [0.1, 0.15) is 52.4 Å². The van der Waals surface area contributed by atoms with Crippen molar-refractivity contribution in [2.45, 2.75) is 58.4 Å². The zero-order valence-electron chi connectivity index (χ0n) is 15.2. The van der Waals surface area contributed by atoms with Gasteiger partial charge in [0.15, 0.2) is 0 Å². The standard InChI is InChI=1S/C19H27ClN2O3/c1-19(2,17(23)21-13-8-6-4-5-7-9-13)18(24)22-14-10-11-16(25-3)15(20)12-14/h10-13H,4-9H2,1-3H3,(H,21,23)(H,22,24). The van der Waals surface area contributed by atoms with Gasteiger partial charge in [-0.3, -0.25) is 9.59 Å². The molecule has 0 bridgehead atoms. The number of carbonyl (C=O) groups excluding carboxylic acids is 2. The SMILES string of the molecule is COc1ccc(NC(=O)C(C)(C)C(=O)NC2CCCCCC2)cc1Cl. The number of hydrogen-bond donors (Lipinski definition) is 2. The third kappa shape index (κ3) is 5.11. The third-order valence-corrected chi connectivity index (χ3v) is 5.03. The lowest BCUT2D eigenvalue weighted by atomic mass is 9.90. The van der Waals surface area contributed by atoms with Crippen molar-refractivity contribution >= 4 is 29.1 Å². The fourth-order valence-electron chi connectivity index (χ4n) is 2.92. The Balaban J connectivity index is 2.00. The Labute approximate surface area is 154 Å². The lowest BCUT2D eigenvalue weighted by Crippen LogP contribution is -2.48. The number of nitrogens with one attached hydrogen (secondary N) is 2. The number of anilines is 1. The van der Waals surface area contributed by atoms with E-state index in [1.165, 1.54) is 20.0 Å². The van der Waals surface area contributed by atoms with Crippen LogP contribution in [0.3, 0.4) is 0 Å². The normalized spacial score (nSPS) is 16.0. The highest BCUT2D eigenvalue weighted by molar-refractivity contribution is 6.32. The number of hydrogen-bond acceptors (Lipinski definition) is 3. The van der Waals surface area contributed by atoms with E-state index in [4.69, 9.17) is 16.3 Å². The molecule has 0 radical (unpaired) electrons. The molecule has 2 N–H and O–H groups in total. The molecule has 1 saturated carbocycles. The number of amides is 2. The molecule has 1 aliphatic rings. The Morgan fingerprint density at radius 3 is 2.32 bits per heavy atom. The minimum absolute atomic E-state index is 0.164. The van der Waals surface area contributed by atoms with Gasteiger partial charge in [-0.05, 0) is 44.9 Å². The van der Waals surface area contributed by atoms with E-state index in [0.717, 1.165) is 25.7 Å². The molecule has 138 valence electrons. The van der Waals surface area contributed by atoms with Gasteiger partial charge in [-0.2, -0.15) is 0 Å². The van der Waals surface area contributed by atoms with Crippen molar-refractivity contribution in [3.8, 4) is 5.75 Å². The summed E-state index contributed by atoms with van der Waals surface area (Å²) in [4.78, 5) is 25.2. The van der Waals surface area contributed by atoms with Gasteiger partial charge in [-0.1, -0.05) is 37.3 Å². The first-order valence-electron chi connectivity index (χ1n) is 8.80. The van der Waals surface area contributed by atoms with E-state index >= 15 is 0 Å². The number of benzene rings is 1. The van der Waals surface area contributed by atoms with Crippen molar-refractivity contribution in [1.29, 1.82) is 0 Å². The third-order valence-electron chi connectivity index (χ3n) is 4.74. The highest BCUT2D eigenvalue weighted by atomic mass is 35.5. The van der Waals surface area contributed by atoms with Gasteiger partial charge in [-0.15, -0.1) is 0 Å². The molecule has 1 fully saturated rings. The minimum Gasteiger partial charge on any atom is -0.495 e. The summed E-state index contributed by atoms with van der Waals surface area (Å²) in [6, 6.07) is 5.15. The lowest BCUT2D eigenvalue weighted by molar-refractivity contribution is -0.138. The molecule has 0 aromatic heterocycles. The van der Waals surface area contributed by atoms with Crippen LogP contribution in [0, 0.1) is 5.41 Å². The fourth-order valence-corrected chi connectivity index (χ4v) is 3.18. The van der Waals surface area contributed by atoms with Crippen LogP contribution < -0.4 is 15.4 Å². The predicted octanol–water partition coefficient (Wildman–Crippen LogP) is 4.15. The maximum Gasteiger partial charge on any atom is 0.239 e. The average molecular weight is 367 g/mol. The van der Waals surface area contributed by atoms with Gasteiger partial charge in [0.2, 0.25) is 11.8 Å². The molecular formula is C19H27ClN2O3. The van der Waals surface area contributed by atoms with Crippen LogP contribution in [0.5, 0.6) is 5.75 Å². The second kappa shape index (κ2) is 8.56. The van der Waals surface area contributed by atoms with Crippen LogP contribution in [0.4, 0.5) is 5.69 Å². The van der Waals surface area contributed by atoms with Gasteiger partial charge < -0.3 is 15.4 Å². The van der Waals surface area contributed by atoms with Crippen molar-refractivity contribution in [2.75, 3.05) is 12.4 Å². The molecule has 0 aliphatic heterocycles. The molecule has 1 aromatic carbocycles. The highest BCUT2D eigenvalue weighted by Gasteiger charge is 2.37. The van der Waals surface area contributed by atoms with E-state index in [0.29, 0.717) is 16.5 Å². The molecule has 0 heterocycles. The van der Waals surface area contributed by atoms with Crippen LogP contribution >= 0.6 is 11.6 Å². The van der Waals surface area contributed by atoms with E-state index in [-0.39, 0.29) is 17.9 Å². The summed E-state index contributed by atoms with van der Waals surface area (Å²) in [5, 5.41) is 6.22. The Bertz CT molecular complexity index is 623. The maximum absolute atomic E-state index is 12.6. The summed E-state index contributed by atoms with van der Waals surface area (Å²) in [7, 11) is 1.53. The molecule has 5 nitrogen and oxygen atoms in total. The Morgan fingerprint density at radius 1 is 1.12 bits per heavy atom. The summed E-state index contributed by atoms with van der Waals surface area (Å²) < 4.78 is 5.10. The second-order valence-electron chi connectivity index (χ2n) is 7.09. The first-order valence-corrected chi connectivity index (χ1v) is 9.18. The molecule has 2 rings (SSSR count). The molecule has 1 aliphatic carbocycles. The minimum atomic E-state index is -1.17. The zero-order valence-corrected chi connectivity index (χ0v) is 15.9. The summed E-state index contributed by atoms with van der Waals surface area (Å²) in [5.41, 5.74) is -0.634. The molecule has 1 aromatic rings. The van der Waals surface area contributed by atoms with Crippen molar-refractivity contribution in [1.82, 2.24) is 5.32 Å². The van der Waals surface area contributed by atoms with Crippen LogP contribution in [-0.4, -0.2) is 25.0 Å². The van der Waals surface area contributed by atoms with E-state index < -0.39 is 5.41 Å². The molecule has 6 heteroatoms. The van der Waals surface area contributed by atoms with Crippen molar-refractivity contribution in [3.63, 3.8) is 0 Å². The van der Waals surface area contributed by atoms with E-state index in [2.05, 4.69) is 10.6 Å². The monoisotopic (exact) mass is 366 g/mol. The highest BCUT2D eigenvalue weighted by Crippen LogP contribution is 2.28. The van der Waals surface area contributed by atoms with Crippen LogP contribution in [0.15, 0.2) is 18.2 Å². The predicted molar refractivity (Wildman–Crippen MR) is 100 cm³/mol.